The van der Waals surface area contributed by atoms with Gasteiger partial charge >= 0.3 is 0 Å². The molecule has 1 aromatic carbocycles. The molecule has 2 amide bonds. The Bertz CT molecular complexity index is 828. The summed E-state index contributed by atoms with van der Waals surface area (Å²) in [5, 5.41) is 13.0. The van der Waals surface area contributed by atoms with Gasteiger partial charge in [0.05, 0.1) is 18.8 Å². The number of hydrogen-bond acceptors (Lipinski definition) is 5. The summed E-state index contributed by atoms with van der Waals surface area (Å²) >= 11 is 7.11. The number of aromatic nitrogens is 1. The molecule has 1 saturated heterocycles. The van der Waals surface area contributed by atoms with Crippen LogP contribution in [0.1, 0.15) is 22.5 Å². The summed E-state index contributed by atoms with van der Waals surface area (Å²) in [4.78, 5) is 30.6. The fourth-order valence-electron chi connectivity index (χ4n) is 2.65. The van der Waals surface area contributed by atoms with Crippen LogP contribution in [0.5, 0.6) is 0 Å². The Hall–Kier alpha value is -2.43. The van der Waals surface area contributed by atoms with Crippen LogP contribution in [-0.2, 0) is 4.79 Å². The van der Waals surface area contributed by atoms with Crippen molar-refractivity contribution in [1.82, 2.24) is 15.2 Å². The minimum atomic E-state index is -0.385. The van der Waals surface area contributed by atoms with Crippen molar-refractivity contribution < 1.29 is 9.59 Å². The van der Waals surface area contributed by atoms with Crippen molar-refractivity contribution in [3.05, 3.63) is 40.4 Å². The Labute approximate surface area is 154 Å². The van der Waals surface area contributed by atoms with E-state index in [1.807, 2.05) is 12.1 Å². The Morgan fingerprint density at radius 3 is 2.88 bits per heavy atom. The third-order valence-corrected chi connectivity index (χ3v) is 5.24. The molecule has 0 spiro atoms. The van der Waals surface area contributed by atoms with Gasteiger partial charge in [0.25, 0.3) is 5.91 Å². The molecule has 128 valence electrons. The number of nitrogens with one attached hydrogen (secondary N) is 1. The molecule has 1 aromatic heterocycles. The highest BCUT2D eigenvalue weighted by Gasteiger charge is 2.28. The minimum absolute atomic E-state index is 0.120. The van der Waals surface area contributed by atoms with Crippen LogP contribution in [0.2, 0.25) is 5.02 Å². The van der Waals surface area contributed by atoms with Gasteiger partial charge in [0, 0.05) is 17.1 Å². The summed E-state index contributed by atoms with van der Waals surface area (Å²) in [5.74, 6) is -0.585. The minimum Gasteiger partial charge on any atom is -0.342 e. The van der Waals surface area contributed by atoms with E-state index in [0.717, 1.165) is 12.0 Å². The van der Waals surface area contributed by atoms with E-state index in [1.54, 1.807) is 12.1 Å². The molecule has 2 heterocycles. The average Bonchev–Trinajstić information content (AvgIpc) is 3.29. The molecular weight excluding hydrogens is 360 g/mol. The van der Waals surface area contributed by atoms with Gasteiger partial charge in [-0.3, -0.25) is 9.59 Å². The van der Waals surface area contributed by atoms with Gasteiger partial charge < -0.3 is 10.2 Å². The molecular formula is C17H15ClN4O2S. The normalized spacial score (nSPS) is 16.5. The van der Waals surface area contributed by atoms with E-state index >= 15 is 0 Å². The monoisotopic (exact) mass is 374 g/mol. The van der Waals surface area contributed by atoms with Gasteiger partial charge in [0.2, 0.25) is 5.91 Å². The summed E-state index contributed by atoms with van der Waals surface area (Å²) in [5.41, 5.74) is 0.874. The molecule has 1 atom stereocenters. The van der Waals surface area contributed by atoms with Gasteiger partial charge in [0.1, 0.15) is 15.9 Å². The number of nitrogens with zero attached hydrogens (tertiary/aromatic N) is 3. The van der Waals surface area contributed by atoms with Crippen molar-refractivity contribution in [2.24, 2.45) is 0 Å². The number of carbonyl (C=O) groups excluding carboxylic acids is 2. The Morgan fingerprint density at radius 1 is 1.40 bits per heavy atom. The largest absolute Gasteiger partial charge is 0.342 e. The Morgan fingerprint density at radius 2 is 2.16 bits per heavy atom. The van der Waals surface area contributed by atoms with Gasteiger partial charge in [-0.1, -0.05) is 23.7 Å². The zero-order chi connectivity index (χ0) is 17.8. The highest BCUT2D eigenvalue weighted by molar-refractivity contribution is 7.16. The van der Waals surface area contributed by atoms with Crippen LogP contribution in [-0.4, -0.2) is 40.8 Å². The molecule has 6 nitrogen and oxygen atoms in total. The quantitative estimate of drug-likeness (QED) is 0.891. The topological polar surface area (TPSA) is 86.1 Å². The lowest BCUT2D eigenvalue weighted by Gasteiger charge is -2.19. The first-order valence-corrected chi connectivity index (χ1v) is 8.97. The van der Waals surface area contributed by atoms with Crippen molar-refractivity contribution >= 4 is 34.8 Å². The number of rotatable bonds is 4. The predicted octanol–water partition coefficient (Wildman–Crippen LogP) is 2.71. The Kier molecular flexibility index (Phi) is 5.31. The van der Waals surface area contributed by atoms with Gasteiger partial charge in [-0.15, -0.1) is 11.3 Å². The molecule has 1 aliphatic heterocycles. The van der Waals surface area contributed by atoms with Gasteiger partial charge in [-0.25, -0.2) is 4.98 Å². The molecule has 1 N–H and O–H groups in total. The van der Waals surface area contributed by atoms with Crippen molar-refractivity contribution in [2.45, 2.75) is 18.9 Å². The zero-order valence-corrected chi connectivity index (χ0v) is 14.8. The van der Waals surface area contributed by atoms with E-state index in [1.165, 1.54) is 22.4 Å². The van der Waals surface area contributed by atoms with E-state index in [2.05, 4.69) is 16.4 Å². The standard InChI is InChI=1S/C17H15ClN4O2S/c18-12-5-3-11(4-6-12)17-21-9-14(25-17)16(24)20-10-15(23)22-7-1-2-13(22)8-19/h3-6,9,13H,1-2,7,10H2,(H,20,24)/t13-/m0/s1. The number of carbonyl (C=O) groups is 2. The van der Waals surface area contributed by atoms with Crippen LogP contribution >= 0.6 is 22.9 Å². The van der Waals surface area contributed by atoms with Crippen LogP contribution in [0.15, 0.2) is 30.5 Å². The van der Waals surface area contributed by atoms with Crippen LogP contribution in [0, 0.1) is 11.3 Å². The highest BCUT2D eigenvalue weighted by atomic mass is 35.5. The van der Waals surface area contributed by atoms with Crippen molar-refractivity contribution in [1.29, 1.82) is 5.26 Å². The van der Waals surface area contributed by atoms with Gasteiger partial charge in [0.15, 0.2) is 0 Å². The van der Waals surface area contributed by atoms with Gasteiger partial charge in [-0.05, 0) is 25.0 Å². The second-order valence-electron chi connectivity index (χ2n) is 5.59. The SMILES string of the molecule is N#C[C@@H]1CCCN1C(=O)CNC(=O)c1cnc(-c2ccc(Cl)cc2)s1. The fraction of sp³-hybridized carbons (Fsp3) is 0.294. The molecule has 1 aliphatic rings. The summed E-state index contributed by atoms with van der Waals surface area (Å²) in [7, 11) is 0. The number of likely N-dealkylation sites (tertiary alicyclic amines) is 1. The first kappa shape index (κ1) is 17.4. The second kappa shape index (κ2) is 7.64. The molecule has 0 saturated carbocycles. The number of amides is 2. The molecule has 0 unspecified atom stereocenters. The van der Waals surface area contributed by atoms with Crippen LogP contribution < -0.4 is 5.32 Å². The van der Waals surface area contributed by atoms with E-state index in [4.69, 9.17) is 16.9 Å². The lowest BCUT2D eigenvalue weighted by atomic mass is 10.2. The van der Waals surface area contributed by atoms with Crippen molar-refractivity contribution in [3.63, 3.8) is 0 Å². The number of halogens is 1. The summed E-state index contributed by atoms with van der Waals surface area (Å²) < 4.78 is 0. The second-order valence-corrected chi connectivity index (χ2v) is 7.06. The molecule has 0 bridgehead atoms. The lowest BCUT2D eigenvalue weighted by molar-refractivity contribution is -0.130. The molecule has 2 aromatic rings. The number of hydrogen-bond donors (Lipinski definition) is 1. The first-order chi connectivity index (χ1) is 12.1. The fourth-order valence-corrected chi connectivity index (χ4v) is 3.61. The summed E-state index contributed by atoms with van der Waals surface area (Å²) in [6, 6.07) is 8.92. The molecule has 1 fully saturated rings. The molecule has 0 aliphatic carbocycles. The lowest BCUT2D eigenvalue weighted by Crippen LogP contribution is -2.42. The number of thiazole rings is 1. The zero-order valence-electron chi connectivity index (χ0n) is 13.2. The highest BCUT2D eigenvalue weighted by Crippen LogP contribution is 2.26. The van der Waals surface area contributed by atoms with Gasteiger partial charge in [-0.2, -0.15) is 5.26 Å². The van der Waals surface area contributed by atoms with E-state index in [0.29, 0.717) is 27.9 Å². The molecule has 3 rings (SSSR count). The predicted molar refractivity (Wildman–Crippen MR) is 95.2 cm³/mol. The van der Waals surface area contributed by atoms with E-state index in [-0.39, 0.29) is 24.4 Å². The smallest absolute Gasteiger partial charge is 0.263 e. The third-order valence-electron chi connectivity index (χ3n) is 3.94. The van der Waals surface area contributed by atoms with Crippen LogP contribution in [0.3, 0.4) is 0 Å². The first-order valence-electron chi connectivity index (χ1n) is 7.77. The van der Waals surface area contributed by atoms with E-state index < -0.39 is 0 Å². The number of benzene rings is 1. The molecule has 0 radical (unpaired) electrons. The molecule has 8 heteroatoms. The van der Waals surface area contributed by atoms with Crippen molar-refractivity contribution in [3.8, 4) is 16.6 Å². The number of nitriles is 1. The van der Waals surface area contributed by atoms with Crippen LogP contribution in [0.25, 0.3) is 10.6 Å². The third kappa shape index (κ3) is 3.98. The summed E-state index contributed by atoms with van der Waals surface area (Å²) in [6.07, 6.45) is 3.00. The van der Waals surface area contributed by atoms with Crippen molar-refractivity contribution in [2.75, 3.05) is 13.1 Å². The maximum absolute atomic E-state index is 12.2. The maximum atomic E-state index is 12.2. The summed E-state index contributed by atoms with van der Waals surface area (Å²) in [6.45, 7) is 0.444. The van der Waals surface area contributed by atoms with Crippen LogP contribution in [0.4, 0.5) is 0 Å². The Balaban J connectivity index is 1.60. The maximum Gasteiger partial charge on any atom is 0.263 e. The van der Waals surface area contributed by atoms with E-state index in [9.17, 15) is 9.59 Å². The average molecular weight is 375 g/mol. The molecule has 25 heavy (non-hydrogen) atoms.